The van der Waals surface area contributed by atoms with Crippen LogP contribution in [0.25, 0.3) is 0 Å². The van der Waals surface area contributed by atoms with Crippen molar-refractivity contribution in [3.8, 4) is 0 Å². The monoisotopic (exact) mass is 189 g/mol. The third-order valence-corrected chi connectivity index (χ3v) is 2.61. The van der Waals surface area contributed by atoms with Gasteiger partial charge in [0.1, 0.15) is 0 Å². The first kappa shape index (κ1) is 12.9. The van der Waals surface area contributed by atoms with Crippen LogP contribution in [0.15, 0.2) is 0 Å². The van der Waals surface area contributed by atoms with Crippen LogP contribution >= 0.6 is 0 Å². The van der Waals surface area contributed by atoms with Crippen molar-refractivity contribution in [3.63, 3.8) is 0 Å². The molecule has 0 heterocycles. The molecule has 3 heteroatoms. The van der Waals surface area contributed by atoms with E-state index >= 15 is 0 Å². The SMILES string of the molecule is CCC(C)(O)CNC(C)C(C)(C)O. The molecular formula is C10H23NO2. The maximum Gasteiger partial charge on any atom is 0.0741 e. The van der Waals surface area contributed by atoms with Crippen LogP contribution in [-0.4, -0.2) is 34.0 Å². The van der Waals surface area contributed by atoms with E-state index in [1.54, 1.807) is 20.8 Å². The second kappa shape index (κ2) is 4.40. The van der Waals surface area contributed by atoms with Crippen molar-refractivity contribution in [2.45, 2.75) is 58.3 Å². The van der Waals surface area contributed by atoms with Gasteiger partial charge < -0.3 is 15.5 Å². The highest BCUT2D eigenvalue weighted by molar-refractivity contribution is 4.83. The molecule has 0 aliphatic carbocycles. The van der Waals surface area contributed by atoms with Gasteiger partial charge in [-0.3, -0.25) is 0 Å². The van der Waals surface area contributed by atoms with Gasteiger partial charge in [-0.2, -0.15) is 0 Å². The molecule has 0 spiro atoms. The Morgan fingerprint density at radius 1 is 1.23 bits per heavy atom. The fourth-order valence-corrected chi connectivity index (χ4v) is 0.748. The summed E-state index contributed by atoms with van der Waals surface area (Å²) in [5.74, 6) is 0. The van der Waals surface area contributed by atoms with E-state index in [4.69, 9.17) is 0 Å². The zero-order valence-electron chi connectivity index (χ0n) is 9.39. The number of hydrogen-bond acceptors (Lipinski definition) is 3. The molecule has 3 N–H and O–H groups in total. The summed E-state index contributed by atoms with van der Waals surface area (Å²) in [6.45, 7) is 9.66. The van der Waals surface area contributed by atoms with Gasteiger partial charge in [-0.1, -0.05) is 6.92 Å². The second-order valence-corrected chi connectivity index (χ2v) is 4.61. The van der Waals surface area contributed by atoms with Crippen molar-refractivity contribution in [3.05, 3.63) is 0 Å². The van der Waals surface area contributed by atoms with E-state index in [-0.39, 0.29) is 6.04 Å². The Bertz CT molecular complexity index is 149. The van der Waals surface area contributed by atoms with Crippen LogP contribution in [0, 0.1) is 0 Å². The quantitative estimate of drug-likeness (QED) is 0.602. The van der Waals surface area contributed by atoms with Crippen LogP contribution in [0.3, 0.4) is 0 Å². The standard InChI is InChI=1S/C10H23NO2/c1-6-10(5,13)7-11-8(2)9(3,4)12/h8,11-13H,6-7H2,1-5H3. The van der Waals surface area contributed by atoms with Gasteiger partial charge >= 0.3 is 0 Å². The molecule has 0 amide bonds. The molecule has 0 fully saturated rings. The van der Waals surface area contributed by atoms with Crippen molar-refractivity contribution in [2.24, 2.45) is 0 Å². The molecule has 2 atom stereocenters. The van der Waals surface area contributed by atoms with Crippen LogP contribution in [0.5, 0.6) is 0 Å². The van der Waals surface area contributed by atoms with Crippen LogP contribution in [0.4, 0.5) is 0 Å². The van der Waals surface area contributed by atoms with Gasteiger partial charge in [0.2, 0.25) is 0 Å². The summed E-state index contributed by atoms with van der Waals surface area (Å²) in [7, 11) is 0. The molecule has 0 aromatic rings. The molecule has 80 valence electrons. The van der Waals surface area contributed by atoms with E-state index in [2.05, 4.69) is 5.32 Å². The van der Waals surface area contributed by atoms with Gasteiger partial charge in [-0.05, 0) is 34.1 Å². The first-order chi connectivity index (χ1) is 5.69. The van der Waals surface area contributed by atoms with Gasteiger partial charge in [-0.25, -0.2) is 0 Å². The van der Waals surface area contributed by atoms with Gasteiger partial charge in [-0.15, -0.1) is 0 Å². The molecule has 0 bridgehead atoms. The number of rotatable bonds is 5. The smallest absolute Gasteiger partial charge is 0.0741 e. The van der Waals surface area contributed by atoms with Gasteiger partial charge in [0.15, 0.2) is 0 Å². The van der Waals surface area contributed by atoms with Gasteiger partial charge in [0.05, 0.1) is 11.2 Å². The maximum absolute atomic E-state index is 9.69. The van der Waals surface area contributed by atoms with E-state index in [9.17, 15) is 10.2 Å². The minimum absolute atomic E-state index is 0.0227. The molecule has 0 radical (unpaired) electrons. The predicted molar refractivity (Wildman–Crippen MR) is 54.7 cm³/mol. The van der Waals surface area contributed by atoms with E-state index in [1.807, 2.05) is 13.8 Å². The zero-order valence-corrected chi connectivity index (χ0v) is 9.39. The third kappa shape index (κ3) is 5.24. The third-order valence-electron chi connectivity index (χ3n) is 2.61. The number of aliphatic hydroxyl groups is 2. The van der Waals surface area contributed by atoms with Gasteiger partial charge in [0, 0.05) is 12.6 Å². The molecule has 3 nitrogen and oxygen atoms in total. The summed E-state index contributed by atoms with van der Waals surface area (Å²) in [5.41, 5.74) is -1.43. The van der Waals surface area contributed by atoms with Crippen molar-refractivity contribution in [2.75, 3.05) is 6.54 Å². The van der Waals surface area contributed by atoms with Crippen molar-refractivity contribution in [1.82, 2.24) is 5.32 Å². The van der Waals surface area contributed by atoms with Crippen molar-refractivity contribution in [1.29, 1.82) is 0 Å². The molecule has 0 saturated heterocycles. The first-order valence-electron chi connectivity index (χ1n) is 4.87. The largest absolute Gasteiger partial charge is 0.389 e. The summed E-state index contributed by atoms with van der Waals surface area (Å²) < 4.78 is 0. The summed E-state index contributed by atoms with van der Waals surface area (Å²) in [6, 6.07) is -0.0227. The molecule has 2 unspecified atom stereocenters. The Hall–Kier alpha value is -0.120. The van der Waals surface area contributed by atoms with Crippen LogP contribution in [0.2, 0.25) is 0 Å². The summed E-state index contributed by atoms with van der Waals surface area (Å²) in [5, 5.41) is 22.4. The van der Waals surface area contributed by atoms with Crippen LogP contribution in [-0.2, 0) is 0 Å². The number of hydrogen-bond donors (Lipinski definition) is 3. The average Bonchev–Trinajstić information content (AvgIpc) is 1.98. The molecule has 0 aromatic carbocycles. The Morgan fingerprint density at radius 3 is 2.00 bits per heavy atom. The molecule has 0 aliphatic rings. The fourth-order valence-electron chi connectivity index (χ4n) is 0.748. The second-order valence-electron chi connectivity index (χ2n) is 4.61. The lowest BCUT2D eigenvalue weighted by Crippen LogP contribution is -2.49. The maximum atomic E-state index is 9.69. The molecule has 0 rings (SSSR count). The Balaban J connectivity index is 3.90. The van der Waals surface area contributed by atoms with Crippen LogP contribution in [0.1, 0.15) is 41.0 Å². The average molecular weight is 189 g/mol. The van der Waals surface area contributed by atoms with Crippen LogP contribution < -0.4 is 5.32 Å². The fraction of sp³-hybridized carbons (Fsp3) is 1.00. The molecular weight excluding hydrogens is 166 g/mol. The Labute approximate surface area is 81.2 Å². The zero-order chi connectivity index (χ0) is 10.7. The minimum Gasteiger partial charge on any atom is -0.389 e. The van der Waals surface area contributed by atoms with Crippen molar-refractivity contribution < 1.29 is 10.2 Å². The number of nitrogens with one attached hydrogen (secondary N) is 1. The summed E-state index contributed by atoms with van der Waals surface area (Å²) >= 11 is 0. The minimum atomic E-state index is -0.746. The van der Waals surface area contributed by atoms with Crippen molar-refractivity contribution >= 4 is 0 Å². The first-order valence-corrected chi connectivity index (χ1v) is 4.87. The highest BCUT2D eigenvalue weighted by atomic mass is 16.3. The Morgan fingerprint density at radius 2 is 1.69 bits per heavy atom. The normalized spacial score (nSPS) is 19.6. The molecule has 0 saturated carbocycles. The van der Waals surface area contributed by atoms with E-state index in [0.717, 1.165) is 0 Å². The molecule has 13 heavy (non-hydrogen) atoms. The lowest BCUT2D eigenvalue weighted by Gasteiger charge is -2.30. The Kier molecular flexibility index (Phi) is 4.36. The lowest BCUT2D eigenvalue weighted by atomic mass is 9.98. The van der Waals surface area contributed by atoms with E-state index < -0.39 is 11.2 Å². The predicted octanol–water partition coefficient (Wildman–Crippen LogP) is 0.896. The topological polar surface area (TPSA) is 52.5 Å². The van der Waals surface area contributed by atoms with E-state index in [0.29, 0.717) is 13.0 Å². The molecule has 0 aromatic heterocycles. The lowest BCUT2D eigenvalue weighted by molar-refractivity contribution is 0.0177. The van der Waals surface area contributed by atoms with E-state index in [1.165, 1.54) is 0 Å². The summed E-state index contributed by atoms with van der Waals surface area (Å²) in [4.78, 5) is 0. The van der Waals surface area contributed by atoms with Gasteiger partial charge in [0.25, 0.3) is 0 Å². The highest BCUT2D eigenvalue weighted by Gasteiger charge is 2.25. The summed E-state index contributed by atoms with van der Waals surface area (Å²) in [6.07, 6.45) is 0.707. The highest BCUT2D eigenvalue weighted by Crippen LogP contribution is 2.11. The molecule has 0 aliphatic heterocycles.